The highest BCUT2D eigenvalue weighted by Gasteiger charge is 2.16. The number of carbonyl (C=O) groups excluding carboxylic acids is 1. The number of amides is 1. The van der Waals surface area contributed by atoms with Crippen molar-refractivity contribution in [3.8, 4) is 11.1 Å². The lowest BCUT2D eigenvalue weighted by Crippen LogP contribution is -2.32. The molecule has 8 heteroatoms. The Morgan fingerprint density at radius 2 is 2.03 bits per heavy atom. The summed E-state index contributed by atoms with van der Waals surface area (Å²) in [5.74, 6) is 1.04. The van der Waals surface area contributed by atoms with Crippen LogP contribution in [0.25, 0.3) is 21.3 Å². The van der Waals surface area contributed by atoms with E-state index in [1.54, 1.807) is 0 Å². The Bertz CT molecular complexity index is 1030. The molecule has 1 aromatic carbocycles. The Morgan fingerprint density at radius 3 is 2.77 bits per heavy atom. The zero-order valence-corrected chi connectivity index (χ0v) is 19.1. The van der Waals surface area contributed by atoms with Crippen LogP contribution in [-0.2, 0) is 15.3 Å². The minimum Gasteiger partial charge on any atom is -0.379 e. The summed E-state index contributed by atoms with van der Waals surface area (Å²) >= 11 is 2.92. The standard InChI is InChI=1S/C22H27N3O3S2/c1-14(2)28-11-7-10-23-20(26)15(3)29-13-18-24-21(27)19-17(12-30-22(19)25-18)16-8-5-4-6-9-16/h4-6,8-9,12,14-15H,7,10-11,13H2,1-3H3,(H,23,26)(H,24,25,27)/t15-/m1/s1. The second-order valence-electron chi connectivity index (χ2n) is 7.23. The number of thioether (sulfide) groups is 1. The molecule has 0 radical (unpaired) electrons. The number of thiophene rings is 1. The van der Waals surface area contributed by atoms with Crippen molar-refractivity contribution in [3.05, 3.63) is 51.9 Å². The van der Waals surface area contributed by atoms with Crippen molar-refractivity contribution in [2.24, 2.45) is 0 Å². The number of aromatic amines is 1. The van der Waals surface area contributed by atoms with Crippen molar-refractivity contribution >= 4 is 39.2 Å². The van der Waals surface area contributed by atoms with Gasteiger partial charge < -0.3 is 15.0 Å². The summed E-state index contributed by atoms with van der Waals surface area (Å²) in [4.78, 5) is 33.1. The van der Waals surface area contributed by atoms with Crippen molar-refractivity contribution in [3.63, 3.8) is 0 Å². The van der Waals surface area contributed by atoms with Gasteiger partial charge in [0.05, 0.1) is 22.5 Å². The topological polar surface area (TPSA) is 84.1 Å². The maximum absolute atomic E-state index is 12.7. The van der Waals surface area contributed by atoms with E-state index in [2.05, 4.69) is 15.3 Å². The average Bonchev–Trinajstić information content (AvgIpc) is 3.16. The largest absolute Gasteiger partial charge is 0.379 e. The molecule has 1 amide bonds. The van der Waals surface area contributed by atoms with Crippen LogP contribution < -0.4 is 10.9 Å². The first-order valence-corrected chi connectivity index (χ1v) is 11.9. The lowest BCUT2D eigenvalue weighted by molar-refractivity contribution is -0.120. The van der Waals surface area contributed by atoms with E-state index in [0.29, 0.717) is 30.1 Å². The zero-order valence-electron chi connectivity index (χ0n) is 17.4. The van der Waals surface area contributed by atoms with Gasteiger partial charge in [-0.2, -0.15) is 0 Å². The molecule has 0 saturated carbocycles. The molecule has 0 saturated heterocycles. The van der Waals surface area contributed by atoms with Crippen molar-refractivity contribution in [2.75, 3.05) is 13.2 Å². The van der Waals surface area contributed by atoms with Gasteiger partial charge in [-0.05, 0) is 32.8 Å². The lowest BCUT2D eigenvalue weighted by Gasteiger charge is -2.12. The van der Waals surface area contributed by atoms with E-state index in [1.807, 2.05) is 56.5 Å². The summed E-state index contributed by atoms with van der Waals surface area (Å²) < 4.78 is 5.47. The van der Waals surface area contributed by atoms with Gasteiger partial charge in [0.15, 0.2) is 0 Å². The van der Waals surface area contributed by atoms with Crippen LogP contribution in [0.3, 0.4) is 0 Å². The monoisotopic (exact) mass is 445 g/mol. The molecule has 0 aliphatic rings. The molecule has 0 unspecified atom stereocenters. The van der Waals surface area contributed by atoms with Crippen molar-refractivity contribution in [1.29, 1.82) is 0 Å². The minimum atomic E-state index is -0.236. The molecule has 0 spiro atoms. The van der Waals surface area contributed by atoms with Gasteiger partial charge in [-0.3, -0.25) is 9.59 Å². The molecule has 0 bridgehead atoms. The quantitative estimate of drug-likeness (QED) is 0.457. The number of H-pyrrole nitrogens is 1. The second-order valence-corrected chi connectivity index (χ2v) is 9.41. The van der Waals surface area contributed by atoms with Crippen LogP contribution >= 0.6 is 23.1 Å². The number of rotatable bonds is 10. The maximum Gasteiger partial charge on any atom is 0.260 e. The molecule has 2 aromatic heterocycles. The molecule has 0 fully saturated rings. The van der Waals surface area contributed by atoms with Crippen LogP contribution in [0.15, 0.2) is 40.5 Å². The highest BCUT2D eigenvalue weighted by atomic mass is 32.2. The molecular formula is C22H27N3O3S2. The fourth-order valence-corrected chi connectivity index (χ4v) is 4.66. The number of nitrogens with one attached hydrogen (secondary N) is 2. The molecule has 0 aliphatic carbocycles. The molecular weight excluding hydrogens is 418 g/mol. The van der Waals surface area contributed by atoms with Gasteiger partial charge in [-0.15, -0.1) is 23.1 Å². The van der Waals surface area contributed by atoms with E-state index in [4.69, 9.17) is 4.74 Å². The van der Waals surface area contributed by atoms with E-state index in [-0.39, 0.29) is 22.8 Å². The predicted molar refractivity (Wildman–Crippen MR) is 125 cm³/mol. The normalized spacial score (nSPS) is 12.4. The number of aromatic nitrogens is 2. The Labute approximate surface area is 184 Å². The molecule has 2 N–H and O–H groups in total. The van der Waals surface area contributed by atoms with E-state index in [0.717, 1.165) is 22.4 Å². The second kappa shape index (κ2) is 10.7. The first-order chi connectivity index (χ1) is 14.5. The third kappa shape index (κ3) is 5.93. The summed E-state index contributed by atoms with van der Waals surface area (Å²) in [7, 11) is 0. The van der Waals surface area contributed by atoms with Crippen LogP contribution in [0, 0.1) is 0 Å². The fraction of sp³-hybridized carbons (Fsp3) is 0.409. The van der Waals surface area contributed by atoms with Crippen LogP contribution in [-0.4, -0.2) is 40.4 Å². The molecule has 0 aliphatic heterocycles. The first kappa shape index (κ1) is 22.5. The molecule has 3 rings (SSSR count). The number of nitrogens with zero attached hydrogens (tertiary/aromatic N) is 1. The highest BCUT2D eigenvalue weighted by molar-refractivity contribution is 7.99. The number of hydrogen-bond donors (Lipinski definition) is 2. The molecule has 160 valence electrons. The van der Waals surface area contributed by atoms with E-state index in [1.165, 1.54) is 23.1 Å². The van der Waals surface area contributed by atoms with E-state index in [9.17, 15) is 9.59 Å². The summed E-state index contributed by atoms with van der Waals surface area (Å²) in [6.45, 7) is 7.07. The third-order valence-corrected chi connectivity index (χ3v) is 6.52. The Morgan fingerprint density at radius 1 is 1.27 bits per heavy atom. The highest BCUT2D eigenvalue weighted by Crippen LogP contribution is 2.30. The number of benzene rings is 1. The van der Waals surface area contributed by atoms with Gasteiger partial charge in [-0.1, -0.05) is 30.3 Å². The maximum atomic E-state index is 12.7. The Hall–Kier alpha value is -2.16. The van der Waals surface area contributed by atoms with E-state index < -0.39 is 0 Å². The van der Waals surface area contributed by atoms with Crippen LogP contribution in [0.1, 0.15) is 33.0 Å². The molecule has 1 atom stereocenters. The van der Waals surface area contributed by atoms with Gasteiger partial charge in [0.2, 0.25) is 5.91 Å². The Kier molecular flexibility index (Phi) is 8.07. The van der Waals surface area contributed by atoms with Crippen LogP contribution in [0.5, 0.6) is 0 Å². The van der Waals surface area contributed by atoms with Crippen molar-refractivity contribution in [2.45, 2.75) is 44.3 Å². The number of ether oxygens (including phenoxy) is 1. The number of carbonyl (C=O) groups is 1. The van der Waals surface area contributed by atoms with Gasteiger partial charge in [0, 0.05) is 24.1 Å². The summed E-state index contributed by atoms with van der Waals surface area (Å²) in [5.41, 5.74) is 1.76. The van der Waals surface area contributed by atoms with Crippen LogP contribution in [0.4, 0.5) is 0 Å². The van der Waals surface area contributed by atoms with Gasteiger partial charge in [0.25, 0.3) is 5.56 Å². The summed E-state index contributed by atoms with van der Waals surface area (Å²) in [6, 6.07) is 9.83. The fourth-order valence-electron chi connectivity index (χ4n) is 2.92. The SMILES string of the molecule is CC(C)OCCCNC(=O)[C@@H](C)SCc1nc2scc(-c3ccccc3)c2c(=O)[nH]1. The first-order valence-electron chi connectivity index (χ1n) is 10.0. The lowest BCUT2D eigenvalue weighted by atomic mass is 10.1. The smallest absolute Gasteiger partial charge is 0.260 e. The molecule has 6 nitrogen and oxygen atoms in total. The molecule has 30 heavy (non-hydrogen) atoms. The van der Waals surface area contributed by atoms with Crippen LogP contribution in [0.2, 0.25) is 0 Å². The number of hydrogen-bond acceptors (Lipinski definition) is 6. The average molecular weight is 446 g/mol. The molecule has 3 aromatic rings. The Balaban J connectivity index is 1.57. The molecule has 2 heterocycles. The zero-order chi connectivity index (χ0) is 21.5. The van der Waals surface area contributed by atoms with Gasteiger partial charge in [0.1, 0.15) is 10.7 Å². The predicted octanol–water partition coefficient (Wildman–Crippen LogP) is 4.20. The van der Waals surface area contributed by atoms with Crippen molar-refractivity contribution < 1.29 is 9.53 Å². The van der Waals surface area contributed by atoms with E-state index >= 15 is 0 Å². The summed E-state index contributed by atoms with van der Waals surface area (Å²) in [6.07, 6.45) is 0.990. The van der Waals surface area contributed by atoms with Gasteiger partial charge in [-0.25, -0.2) is 4.98 Å². The number of fused-ring (bicyclic) bond motifs is 1. The van der Waals surface area contributed by atoms with Gasteiger partial charge >= 0.3 is 0 Å². The third-order valence-electron chi connectivity index (χ3n) is 4.49. The summed E-state index contributed by atoms with van der Waals surface area (Å²) in [5, 5.41) is 5.28. The van der Waals surface area contributed by atoms with Crippen molar-refractivity contribution in [1.82, 2.24) is 15.3 Å². The minimum absolute atomic E-state index is 0.0181.